The molecule has 1 aromatic carbocycles. The highest BCUT2D eigenvalue weighted by molar-refractivity contribution is 9.10. The van der Waals surface area contributed by atoms with E-state index in [0.717, 1.165) is 18.4 Å². The van der Waals surface area contributed by atoms with Gasteiger partial charge < -0.3 is 9.26 Å². The van der Waals surface area contributed by atoms with E-state index in [4.69, 9.17) is 9.26 Å². The number of benzene rings is 1. The fourth-order valence-electron chi connectivity index (χ4n) is 3.34. The molecule has 0 radical (unpaired) electrons. The lowest BCUT2D eigenvalue weighted by molar-refractivity contribution is 0.0512. The van der Waals surface area contributed by atoms with Crippen LogP contribution < -0.4 is 0 Å². The van der Waals surface area contributed by atoms with Gasteiger partial charge in [0, 0.05) is 21.5 Å². The second-order valence-electron chi connectivity index (χ2n) is 7.17. The molecule has 8 nitrogen and oxygen atoms in total. The average molecular weight is 459 g/mol. The predicted molar refractivity (Wildman–Crippen MR) is 107 cm³/mol. The molecule has 1 aliphatic heterocycles. The zero-order valence-corrected chi connectivity index (χ0v) is 17.8. The highest BCUT2D eigenvalue weighted by atomic mass is 79.9. The largest absolute Gasteiger partial charge is 0.461 e. The van der Waals surface area contributed by atoms with Crippen molar-refractivity contribution in [1.29, 1.82) is 0 Å². The summed E-state index contributed by atoms with van der Waals surface area (Å²) >= 11 is 3.58. The van der Waals surface area contributed by atoms with E-state index in [0.29, 0.717) is 21.4 Å². The van der Waals surface area contributed by atoms with E-state index < -0.39 is 11.6 Å². The number of aliphatic imine (C=N–C) groups is 1. The third kappa shape index (κ3) is 3.33. The lowest BCUT2D eigenvalue weighted by Crippen LogP contribution is -2.17. The first-order valence-corrected chi connectivity index (χ1v) is 10.1. The standard InChI is InChI=1S/C20H19BrN4O4/c1-4-28-19(27)16-14(18(29-24-16)11-5-6-11)17(26)12-7-8-13(15(21)10(12)2)20(3)22-9-23-25-20/h7-9,11H,4-6H2,1-3H3. The van der Waals surface area contributed by atoms with Gasteiger partial charge in [-0.1, -0.05) is 33.2 Å². The zero-order chi connectivity index (χ0) is 20.8. The van der Waals surface area contributed by atoms with E-state index in [-0.39, 0.29) is 29.6 Å². The van der Waals surface area contributed by atoms with Gasteiger partial charge in [0.05, 0.1) is 6.61 Å². The van der Waals surface area contributed by atoms with Crippen LogP contribution in [0.3, 0.4) is 0 Å². The van der Waals surface area contributed by atoms with Gasteiger partial charge >= 0.3 is 5.97 Å². The Kier molecular flexibility index (Phi) is 4.94. The van der Waals surface area contributed by atoms with Crippen molar-refractivity contribution in [2.75, 3.05) is 6.61 Å². The van der Waals surface area contributed by atoms with E-state index >= 15 is 0 Å². The number of hydrogen-bond donors (Lipinski definition) is 0. The van der Waals surface area contributed by atoms with Gasteiger partial charge in [-0.15, -0.1) is 5.11 Å². The number of carbonyl (C=O) groups is 2. The maximum atomic E-state index is 13.5. The van der Waals surface area contributed by atoms with Crippen molar-refractivity contribution in [3.05, 3.63) is 50.3 Å². The molecule has 1 aromatic heterocycles. The maximum absolute atomic E-state index is 13.5. The molecule has 0 saturated heterocycles. The molecule has 0 bridgehead atoms. The lowest BCUT2D eigenvalue weighted by atomic mass is 9.92. The number of esters is 1. The highest BCUT2D eigenvalue weighted by Gasteiger charge is 2.38. The molecular weight excluding hydrogens is 440 g/mol. The number of azo groups is 1. The Labute approximate surface area is 175 Å². The van der Waals surface area contributed by atoms with Gasteiger partial charge in [-0.25, -0.2) is 9.79 Å². The first-order valence-electron chi connectivity index (χ1n) is 9.34. The Morgan fingerprint density at radius 3 is 2.72 bits per heavy atom. The number of ether oxygens (including phenoxy) is 1. The van der Waals surface area contributed by atoms with E-state index in [2.05, 4.69) is 36.3 Å². The summed E-state index contributed by atoms with van der Waals surface area (Å²) in [7, 11) is 0. The van der Waals surface area contributed by atoms with E-state index in [1.54, 1.807) is 19.1 Å². The minimum absolute atomic E-state index is 0.0699. The summed E-state index contributed by atoms with van der Waals surface area (Å²) in [5.41, 5.74) is 1.24. The molecule has 150 valence electrons. The van der Waals surface area contributed by atoms with Crippen molar-refractivity contribution < 1.29 is 18.8 Å². The summed E-state index contributed by atoms with van der Waals surface area (Å²) in [5, 5.41) is 11.9. The molecule has 1 fully saturated rings. The molecule has 2 heterocycles. The van der Waals surface area contributed by atoms with Crippen LogP contribution in [0.15, 0.2) is 36.3 Å². The van der Waals surface area contributed by atoms with Crippen LogP contribution in [0.1, 0.15) is 75.9 Å². The Morgan fingerprint density at radius 1 is 1.34 bits per heavy atom. The minimum Gasteiger partial charge on any atom is -0.461 e. The highest BCUT2D eigenvalue weighted by Crippen LogP contribution is 2.44. The summed E-state index contributed by atoms with van der Waals surface area (Å²) < 4.78 is 11.2. The molecule has 29 heavy (non-hydrogen) atoms. The lowest BCUT2D eigenvalue weighted by Gasteiger charge is -2.20. The fourth-order valence-corrected chi connectivity index (χ4v) is 4.06. The van der Waals surface area contributed by atoms with Crippen LogP contribution in [0.2, 0.25) is 0 Å². The van der Waals surface area contributed by atoms with E-state index in [1.807, 2.05) is 13.8 Å². The third-order valence-electron chi connectivity index (χ3n) is 5.12. The molecule has 0 amide bonds. The number of hydrogen-bond acceptors (Lipinski definition) is 8. The first kappa shape index (κ1) is 19.6. The molecule has 9 heteroatoms. The van der Waals surface area contributed by atoms with Gasteiger partial charge in [0.2, 0.25) is 5.69 Å². The second-order valence-corrected chi connectivity index (χ2v) is 7.97. The van der Waals surface area contributed by atoms with Gasteiger partial charge in [-0.05, 0) is 39.2 Å². The van der Waals surface area contributed by atoms with Crippen LogP contribution in [0.4, 0.5) is 0 Å². The Bertz CT molecular complexity index is 1060. The van der Waals surface area contributed by atoms with Crippen molar-refractivity contribution in [1.82, 2.24) is 5.16 Å². The molecule has 0 N–H and O–H groups in total. The number of ketones is 1. The summed E-state index contributed by atoms with van der Waals surface area (Å²) in [6.07, 6.45) is 3.22. The number of carbonyl (C=O) groups excluding carboxylic acids is 2. The topological polar surface area (TPSA) is 106 Å². The van der Waals surface area contributed by atoms with Gasteiger partial charge in [0.1, 0.15) is 11.9 Å². The quantitative estimate of drug-likeness (QED) is 0.460. The molecule has 1 saturated carbocycles. The van der Waals surface area contributed by atoms with Crippen LogP contribution in [-0.2, 0) is 10.4 Å². The van der Waals surface area contributed by atoms with Crippen molar-refractivity contribution in [3.63, 3.8) is 0 Å². The molecular formula is C20H19BrN4O4. The summed E-state index contributed by atoms with van der Waals surface area (Å²) in [6.45, 7) is 5.55. The normalized spacial score (nSPS) is 20.3. The molecule has 2 aromatic rings. The van der Waals surface area contributed by atoms with Gasteiger partial charge in [-0.3, -0.25) is 4.79 Å². The number of rotatable bonds is 6. The van der Waals surface area contributed by atoms with Crippen molar-refractivity contribution in [3.8, 4) is 0 Å². The molecule has 1 atom stereocenters. The molecule has 1 unspecified atom stereocenters. The van der Waals surface area contributed by atoms with E-state index in [9.17, 15) is 9.59 Å². The van der Waals surface area contributed by atoms with Crippen molar-refractivity contribution in [2.24, 2.45) is 15.2 Å². The minimum atomic E-state index is -0.836. The fraction of sp³-hybridized carbons (Fsp3) is 0.400. The Balaban J connectivity index is 1.79. The van der Waals surface area contributed by atoms with Crippen LogP contribution in [0, 0.1) is 6.92 Å². The third-order valence-corrected chi connectivity index (χ3v) is 6.14. The van der Waals surface area contributed by atoms with Gasteiger partial charge in [0.15, 0.2) is 17.2 Å². The van der Waals surface area contributed by atoms with Crippen molar-refractivity contribution in [2.45, 2.75) is 45.2 Å². The van der Waals surface area contributed by atoms with Crippen LogP contribution in [-0.4, -0.2) is 29.9 Å². The second kappa shape index (κ2) is 7.29. The smallest absolute Gasteiger partial charge is 0.361 e. The number of halogens is 1. The average Bonchev–Trinajstić information content (AvgIpc) is 3.28. The SMILES string of the molecule is CCOC(=O)c1noc(C2CC2)c1C(=O)c1ccc(C2(C)N=CN=N2)c(Br)c1C. The predicted octanol–water partition coefficient (Wildman–Crippen LogP) is 4.70. The summed E-state index contributed by atoms with van der Waals surface area (Å²) in [5.74, 6) is -0.408. The van der Waals surface area contributed by atoms with Gasteiger partial charge in [-0.2, -0.15) is 5.11 Å². The Morgan fingerprint density at radius 2 is 2.10 bits per heavy atom. The molecule has 0 spiro atoms. The van der Waals surface area contributed by atoms with Crippen LogP contribution in [0.25, 0.3) is 0 Å². The number of nitrogens with zero attached hydrogens (tertiary/aromatic N) is 4. The monoisotopic (exact) mass is 458 g/mol. The maximum Gasteiger partial charge on any atom is 0.361 e. The van der Waals surface area contributed by atoms with E-state index in [1.165, 1.54) is 6.34 Å². The first-order chi connectivity index (χ1) is 13.9. The zero-order valence-electron chi connectivity index (χ0n) is 16.2. The summed E-state index contributed by atoms with van der Waals surface area (Å²) in [4.78, 5) is 30.1. The van der Waals surface area contributed by atoms with Crippen LogP contribution >= 0.6 is 15.9 Å². The Hall–Kier alpha value is -2.68. The van der Waals surface area contributed by atoms with Crippen LogP contribution in [0.5, 0.6) is 0 Å². The molecule has 2 aliphatic rings. The number of aromatic nitrogens is 1. The molecule has 1 aliphatic carbocycles. The van der Waals surface area contributed by atoms with Crippen molar-refractivity contribution >= 4 is 34.0 Å². The molecule has 4 rings (SSSR count). The summed E-state index contributed by atoms with van der Waals surface area (Å²) in [6, 6.07) is 3.51. The van der Waals surface area contributed by atoms with Gasteiger partial charge in [0.25, 0.3) is 0 Å².